The van der Waals surface area contributed by atoms with Gasteiger partial charge in [-0.25, -0.2) is 4.39 Å². The van der Waals surface area contributed by atoms with Crippen LogP contribution in [-0.2, 0) is 10.2 Å². The maximum absolute atomic E-state index is 13.3. The van der Waals surface area contributed by atoms with E-state index in [1.807, 2.05) is 0 Å². The first-order valence-corrected chi connectivity index (χ1v) is 8.92. The summed E-state index contributed by atoms with van der Waals surface area (Å²) in [5.41, 5.74) is 1.18. The highest BCUT2D eigenvalue weighted by Gasteiger charge is 2.35. The van der Waals surface area contributed by atoms with Crippen LogP contribution in [0.3, 0.4) is 0 Å². The quantitative estimate of drug-likeness (QED) is 0.844. The van der Waals surface area contributed by atoms with E-state index in [0.717, 1.165) is 18.4 Å². The highest BCUT2D eigenvalue weighted by molar-refractivity contribution is 5.97. The second kappa shape index (κ2) is 8.39. The number of methoxy groups -OCH3 is 2. The van der Waals surface area contributed by atoms with Gasteiger partial charge in [-0.1, -0.05) is 12.1 Å². The third kappa shape index (κ3) is 4.22. The predicted molar refractivity (Wildman–Crippen MR) is 100 cm³/mol. The number of nitrogens with one attached hydrogen (secondary N) is 1. The van der Waals surface area contributed by atoms with E-state index in [0.29, 0.717) is 36.8 Å². The molecule has 1 saturated heterocycles. The summed E-state index contributed by atoms with van der Waals surface area (Å²) in [6, 6.07) is 11.6. The van der Waals surface area contributed by atoms with Gasteiger partial charge in [-0.05, 0) is 42.7 Å². The minimum atomic E-state index is -0.276. The lowest BCUT2D eigenvalue weighted by atomic mass is 9.74. The van der Waals surface area contributed by atoms with Crippen LogP contribution in [0, 0.1) is 5.82 Å². The second-order valence-corrected chi connectivity index (χ2v) is 6.65. The summed E-state index contributed by atoms with van der Waals surface area (Å²) in [6.07, 6.45) is 1.53. The summed E-state index contributed by atoms with van der Waals surface area (Å²) in [6.45, 7) is 1.66. The Morgan fingerprint density at radius 2 is 1.81 bits per heavy atom. The molecule has 0 saturated carbocycles. The number of rotatable bonds is 6. The van der Waals surface area contributed by atoms with Crippen molar-refractivity contribution in [3.8, 4) is 11.5 Å². The molecule has 6 heteroatoms. The van der Waals surface area contributed by atoms with E-state index in [4.69, 9.17) is 14.2 Å². The minimum absolute atomic E-state index is 0.220. The van der Waals surface area contributed by atoms with Gasteiger partial charge in [0.1, 0.15) is 17.3 Å². The zero-order valence-electron chi connectivity index (χ0n) is 15.6. The molecule has 1 aliphatic heterocycles. The molecule has 3 rings (SSSR count). The second-order valence-electron chi connectivity index (χ2n) is 6.65. The van der Waals surface area contributed by atoms with Gasteiger partial charge in [-0.15, -0.1) is 0 Å². The van der Waals surface area contributed by atoms with Gasteiger partial charge in [-0.2, -0.15) is 0 Å². The molecule has 5 nitrogen and oxygen atoms in total. The fourth-order valence-electron chi connectivity index (χ4n) is 3.46. The highest BCUT2D eigenvalue weighted by Crippen LogP contribution is 2.34. The summed E-state index contributed by atoms with van der Waals surface area (Å²) in [4.78, 5) is 12.8. The first kappa shape index (κ1) is 19.2. The summed E-state index contributed by atoms with van der Waals surface area (Å²) >= 11 is 0. The first-order chi connectivity index (χ1) is 13.1. The van der Waals surface area contributed by atoms with Gasteiger partial charge in [0.25, 0.3) is 5.91 Å². The number of benzene rings is 2. The monoisotopic (exact) mass is 373 g/mol. The van der Waals surface area contributed by atoms with Crippen molar-refractivity contribution >= 4 is 5.91 Å². The molecule has 1 N–H and O–H groups in total. The van der Waals surface area contributed by atoms with Gasteiger partial charge < -0.3 is 19.5 Å². The van der Waals surface area contributed by atoms with Gasteiger partial charge in [-0.3, -0.25) is 4.79 Å². The Bertz CT molecular complexity index is 785. The Balaban J connectivity index is 1.79. The van der Waals surface area contributed by atoms with E-state index >= 15 is 0 Å². The maximum atomic E-state index is 13.3. The van der Waals surface area contributed by atoms with Crippen molar-refractivity contribution in [3.63, 3.8) is 0 Å². The van der Waals surface area contributed by atoms with Crippen molar-refractivity contribution in [2.24, 2.45) is 0 Å². The number of hydrogen-bond donors (Lipinski definition) is 1. The van der Waals surface area contributed by atoms with E-state index in [1.54, 1.807) is 37.4 Å². The van der Waals surface area contributed by atoms with Crippen molar-refractivity contribution in [1.82, 2.24) is 5.32 Å². The van der Waals surface area contributed by atoms with Gasteiger partial charge in [0.15, 0.2) is 0 Å². The molecule has 27 heavy (non-hydrogen) atoms. The molecule has 0 bridgehead atoms. The molecule has 0 unspecified atom stereocenters. The zero-order chi connectivity index (χ0) is 19.3. The van der Waals surface area contributed by atoms with Crippen molar-refractivity contribution in [2.75, 3.05) is 34.0 Å². The van der Waals surface area contributed by atoms with E-state index in [2.05, 4.69) is 5.32 Å². The molecule has 0 aromatic heterocycles. The summed E-state index contributed by atoms with van der Waals surface area (Å²) in [5, 5.41) is 3.03. The van der Waals surface area contributed by atoms with Crippen LogP contribution in [0.5, 0.6) is 11.5 Å². The van der Waals surface area contributed by atoms with Gasteiger partial charge in [0.05, 0.1) is 19.8 Å². The van der Waals surface area contributed by atoms with Crippen LogP contribution in [0.15, 0.2) is 42.5 Å². The molecule has 0 atom stereocenters. The number of carbonyl (C=O) groups is 1. The number of halogens is 1. The predicted octanol–water partition coefficient (Wildman–Crippen LogP) is 3.32. The third-order valence-corrected chi connectivity index (χ3v) is 5.15. The fourth-order valence-corrected chi connectivity index (χ4v) is 3.46. The number of carbonyl (C=O) groups excluding carboxylic acids is 1. The lowest BCUT2D eigenvalue weighted by molar-refractivity contribution is 0.0486. The Kier molecular flexibility index (Phi) is 5.96. The summed E-state index contributed by atoms with van der Waals surface area (Å²) < 4.78 is 29.3. The molecule has 1 amide bonds. The number of ether oxygens (including phenoxy) is 3. The molecule has 2 aromatic rings. The number of hydrogen-bond acceptors (Lipinski definition) is 4. The van der Waals surface area contributed by atoms with E-state index < -0.39 is 0 Å². The van der Waals surface area contributed by atoms with Crippen LogP contribution in [0.25, 0.3) is 0 Å². The Hall–Kier alpha value is -2.60. The lowest BCUT2D eigenvalue weighted by Crippen LogP contribution is -2.44. The summed E-state index contributed by atoms with van der Waals surface area (Å²) in [7, 11) is 3.08. The van der Waals surface area contributed by atoms with Crippen molar-refractivity contribution < 1.29 is 23.4 Å². The molecular weight excluding hydrogens is 349 g/mol. The lowest BCUT2D eigenvalue weighted by Gasteiger charge is -2.38. The third-order valence-electron chi connectivity index (χ3n) is 5.15. The molecule has 1 heterocycles. The van der Waals surface area contributed by atoms with Crippen LogP contribution in [0.2, 0.25) is 0 Å². The summed E-state index contributed by atoms with van der Waals surface area (Å²) in [5.74, 6) is 0.584. The molecule has 1 fully saturated rings. The van der Waals surface area contributed by atoms with Gasteiger partial charge in [0, 0.05) is 31.2 Å². The topological polar surface area (TPSA) is 56.8 Å². The largest absolute Gasteiger partial charge is 0.497 e. The van der Waals surface area contributed by atoms with Crippen LogP contribution in [-0.4, -0.2) is 39.9 Å². The van der Waals surface area contributed by atoms with E-state index in [-0.39, 0.29) is 17.1 Å². The Labute approximate surface area is 158 Å². The molecule has 144 valence electrons. The molecule has 0 radical (unpaired) electrons. The van der Waals surface area contributed by atoms with Crippen LogP contribution < -0.4 is 14.8 Å². The smallest absolute Gasteiger partial charge is 0.255 e. The van der Waals surface area contributed by atoms with Crippen LogP contribution >= 0.6 is 0 Å². The fraction of sp³-hybridized carbons (Fsp3) is 0.381. The highest BCUT2D eigenvalue weighted by atomic mass is 19.1. The van der Waals surface area contributed by atoms with Crippen LogP contribution in [0.4, 0.5) is 4.39 Å². The molecule has 0 aliphatic carbocycles. The van der Waals surface area contributed by atoms with Crippen molar-refractivity contribution in [3.05, 3.63) is 59.4 Å². The Morgan fingerprint density at radius 3 is 2.44 bits per heavy atom. The average molecular weight is 373 g/mol. The zero-order valence-corrected chi connectivity index (χ0v) is 15.6. The van der Waals surface area contributed by atoms with Gasteiger partial charge >= 0.3 is 0 Å². The maximum Gasteiger partial charge on any atom is 0.255 e. The molecule has 2 aromatic carbocycles. The Morgan fingerprint density at radius 1 is 1.11 bits per heavy atom. The molecule has 0 spiro atoms. The number of amides is 1. The average Bonchev–Trinajstić information content (AvgIpc) is 2.72. The van der Waals surface area contributed by atoms with Crippen molar-refractivity contribution in [2.45, 2.75) is 18.3 Å². The normalized spacial score (nSPS) is 15.8. The first-order valence-electron chi connectivity index (χ1n) is 8.92. The van der Waals surface area contributed by atoms with Gasteiger partial charge in [0.2, 0.25) is 0 Å². The molecule has 1 aliphatic rings. The van der Waals surface area contributed by atoms with E-state index in [1.165, 1.54) is 19.2 Å². The minimum Gasteiger partial charge on any atom is -0.497 e. The molecular formula is C21H24FNO4. The van der Waals surface area contributed by atoms with E-state index in [9.17, 15) is 9.18 Å². The van der Waals surface area contributed by atoms with Crippen molar-refractivity contribution in [1.29, 1.82) is 0 Å². The van der Waals surface area contributed by atoms with Crippen LogP contribution in [0.1, 0.15) is 28.8 Å². The SMILES string of the molecule is COc1ccc(C(=O)NCC2(c3ccc(F)cc3)CCOCC2)c(OC)c1. The standard InChI is InChI=1S/C21H24FNO4/c1-25-17-7-8-18(19(13-17)26-2)20(24)23-14-21(9-11-27-12-10-21)15-3-5-16(22)6-4-15/h3-8,13H,9-12,14H2,1-2H3,(H,23,24).